The number of aliphatic hydroxyl groups excluding tert-OH is 2. The lowest BCUT2D eigenvalue weighted by Crippen LogP contribution is -2.38. The van der Waals surface area contributed by atoms with Gasteiger partial charge in [-0.25, -0.2) is 0 Å². The van der Waals surface area contributed by atoms with Crippen LogP contribution >= 0.6 is 21.6 Å². The molecular weight excluding hydrogens is 561 g/mol. The molecule has 4 rings (SSSR count). The molecule has 0 radical (unpaired) electrons. The first kappa shape index (κ1) is 31.4. The molecule has 0 saturated carbocycles. The third kappa shape index (κ3) is 10.7. The van der Waals surface area contributed by atoms with Crippen molar-refractivity contribution in [3.63, 3.8) is 0 Å². The van der Waals surface area contributed by atoms with E-state index < -0.39 is 0 Å². The smallest absolute Gasteiger partial charge is 0.205 e. The summed E-state index contributed by atoms with van der Waals surface area (Å²) in [5.41, 5.74) is 6.67. The van der Waals surface area contributed by atoms with Crippen LogP contribution in [0.5, 0.6) is 0 Å². The van der Waals surface area contributed by atoms with Crippen LogP contribution in [-0.2, 0) is 13.1 Å². The number of aromatic nitrogens is 2. The zero-order chi connectivity index (χ0) is 29.2. The molecule has 0 bridgehead atoms. The van der Waals surface area contributed by atoms with Gasteiger partial charge in [-0.3, -0.25) is 0 Å². The lowest BCUT2D eigenvalue weighted by atomic mass is 10.1. The highest BCUT2D eigenvalue weighted by Crippen LogP contribution is 2.21. The van der Waals surface area contributed by atoms with Crippen LogP contribution in [0.1, 0.15) is 22.5 Å². The van der Waals surface area contributed by atoms with Gasteiger partial charge in [0.1, 0.15) is 13.2 Å². The first-order valence-corrected chi connectivity index (χ1v) is 16.7. The summed E-state index contributed by atoms with van der Waals surface area (Å²) in [5.74, 6) is 2.07. The van der Waals surface area contributed by atoms with Crippen molar-refractivity contribution < 1.29 is 19.3 Å². The van der Waals surface area contributed by atoms with Gasteiger partial charge in [-0.05, 0) is 59.7 Å². The van der Waals surface area contributed by atoms with Crippen LogP contribution in [0, 0.1) is 0 Å². The third-order valence-corrected chi connectivity index (χ3v) is 8.87. The van der Waals surface area contributed by atoms with Gasteiger partial charge in [-0.2, -0.15) is 9.13 Å². The first-order chi connectivity index (χ1) is 20.7. The van der Waals surface area contributed by atoms with Crippen LogP contribution in [0.3, 0.4) is 0 Å². The molecule has 0 atom stereocenters. The third-order valence-electron chi connectivity index (χ3n) is 6.46. The van der Waals surface area contributed by atoms with Crippen molar-refractivity contribution in [2.45, 2.75) is 13.1 Å². The van der Waals surface area contributed by atoms with E-state index in [1.807, 2.05) is 79.5 Å². The molecule has 0 amide bonds. The quantitative estimate of drug-likeness (QED) is 0.0730. The van der Waals surface area contributed by atoms with E-state index in [0.717, 1.165) is 58.5 Å². The van der Waals surface area contributed by atoms with Gasteiger partial charge >= 0.3 is 0 Å². The van der Waals surface area contributed by atoms with E-state index in [2.05, 4.69) is 83.5 Å². The normalized spacial score (nSPS) is 11.4. The fraction of sp³-hybridized carbons (Fsp3) is 0.235. The lowest BCUT2D eigenvalue weighted by molar-refractivity contribution is -0.699. The second kappa shape index (κ2) is 18.1. The van der Waals surface area contributed by atoms with Gasteiger partial charge in [0.2, 0.25) is 11.4 Å². The molecule has 0 aliphatic heterocycles. The Kier molecular flexibility index (Phi) is 13.5. The number of pyridine rings is 2. The summed E-state index contributed by atoms with van der Waals surface area (Å²) >= 11 is 0. The molecule has 0 spiro atoms. The van der Waals surface area contributed by atoms with E-state index in [0.29, 0.717) is 13.1 Å². The van der Waals surface area contributed by atoms with E-state index in [1.165, 1.54) is 0 Å². The number of hydrogen-bond acceptors (Lipinski definition) is 6. The summed E-state index contributed by atoms with van der Waals surface area (Å²) in [4.78, 5) is 0. The van der Waals surface area contributed by atoms with Gasteiger partial charge in [0, 0.05) is 72.4 Å². The molecular formula is C34H40N4O2S2+2. The van der Waals surface area contributed by atoms with Crippen LogP contribution in [0.2, 0.25) is 0 Å². The van der Waals surface area contributed by atoms with Crippen molar-refractivity contribution in [1.29, 1.82) is 0 Å². The first-order valence-electron chi connectivity index (χ1n) is 14.2. The molecule has 6 nitrogen and oxygen atoms in total. The van der Waals surface area contributed by atoms with Gasteiger partial charge in [0.15, 0.2) is 25.5 Å². The summed E-state index contributed by atoms with van der Waals surface area (Å²) < 4.78 is 4.08. The maximum atomic E-state index is 9.25. The number of nitrogens with zero attached hydrogens (tertiary/aromatic N) is 2. The second-order valence-corrected chi connectivity index (χ2v) is 12.2. The molecule has 0 unspecified atom stereocenters. The molecule has 2 aromatic carbocycles. The van der Waals surface area contributed by atoms with Crippen molar-refractivity contribution in [3.05, 3.63) is 120 Å². The summed E-state index contributed by atoms with van der Waals surface area (Å²) in [6, 6.07) is 29.0. The number of aliphatic hydroxyl groups is 2. The average molecular weight is 601 g/mol. The minimum absolute atomic E-state index is 0.126. The van der Waals surface area contributed by atoms with Gasteiger partial charge in [0.05, 0.1) is 0 Å². The highest BCUT2D eigenvalue weighted by Gasteiger charge is 2.06. The maximum Gasteiger partial charge on any atom is 0.205 e. The topological polar surface area (TPSA) is 72.3 Å². The minimum Gasteiger partial charge on any atom is -0.390 e. The Labute approximate surface area is 257 Å². The molecule has 2 heterocycles. The number of benzene rings is 2. The van der Waals surface area contributed by atoms with Crippen molar-refractivity contribution >= 4 is 57.3 Å². The molecule has 0 aliphatic rings. The Bertz CT molecular complexity index is 1300. The van der Waals surface area contributed by atoms with Crippen molar-refractivity contribution in [2.75, 3.05) is 48.4 Å². The Hall–Kier alpha value is -3.56. The summed E-state index contributed by atoms with van der Waals surface area (Å²) in [5, 5.41) is 25.5. The van der Waals surface area contributed by atoms with Crippen LogP contribution < -0.4 is 19.8 Å². The molecule has 2 aromatic heterocycles. The fourth-order valence-electron chi connectivity index (χ4n) is 4.28. The molecule has 0 fully saturated rings. The van der Waals surface area contributed by atoms with Crippen LogP contribution in [0.25, 0.3) is 24.3 Å². The minimum atomic E-state index is 0.126. The Balaban J connectivity index is 1.08. The highest BCUT2D eigenvalue weighted by molar-refractivity contribution is 8.76. The number of nitrogens with one attached hydrogen (secondary N) is 2. The Morgan fingerprint density at radius 3 is 1.38 bits per heavy atom. The predicted molar refractivity (Wildman–Crippen MR) is 180 cm³/mol. The maximum absolute atomic E-state index is 9.25. The van der Waals surface area contributed by atoms with Gasteiger partial charge in [-0.15, -0.1) is 0 Å². The van der Waals surface area contributed by atoms with Crippen LogP contribution in [-0.4, -0.2) is 48.0 Å². The summed E-state index contributed by atoms with van der Waals surface area (Å²) in [6.45, 7) is 3.27. The lowest BCUT2D eigenvalue weighted by Gasteiger charge is -2.08. The monoisotopic (exact) mass is 600 g/mol. The van der Waals surface area contributed by atoms with E-state index in [4.69, 9.17) is 0 Å². The number of anilines is 2. The van der Waals surface area contributed by atoms with E-state index in [-0.39, 0.29) is 13.2 Å². The molecule has 218 valence electrons. The molecule has 0 aliphatic carbocycles. The van der Waals surface area contributed by atoms with E-state index >= 15 is 0 Å². The van der Waals surface area contributed by atoms with Crippen molar-refractivity contribution in [2.24, 2.45) is 0 Å². The Morgan fingerprint density at radius 1 is 0.548 bits per heavy atom. The molecule has 8 heteroatoms. The van der Waals surface area contributed by atoms with Crippen LogP contribution in [0.4, 0.5) is 11.4 Å². The molecule has 42 heavy (non-hydrogen) atoms. The number of hydrogen-bond donors (Lipinski definition) is 4. The van der Waals surface area contributed by atoms with Gasteiger partial charge in [-0.1, -0.05) is 45.9 Å². The standard InChI is InChI=1S/C34H38N4O2S2/c39-25-23-37-21-3-1-5-33(37)17-11-29-7-13-31(14-8-29)35-19-27-41-42-28-20-36-32-15-9-30(10-16-32)12-18-34-6-2-4-22-38(34)24-26-40/h1-18,21-22,39-40H,19-20,23-28H2/p+2. The van der Waals surface area contributed by atoms with Gasteiger partial charge < -0.3 is 20.8 Å². The van der Waals surface area contributed by atoms with E-state index in [9.17, 15) is 10.2 Å². The number of rotatable bonds is 17. The fourth-order valence-corrected chi connectivity index (χ4v) is 6.10. The Morgan fingerprint density at radius 2 is 0.976 bits per heavy atom. The van der Waals surface area contributed by atoms with Gasteiger partial charge in [0.25, 0.3) is 0 Å². The van der Waals surface area contributed by atoms with Crippen molar-refractivity contribution in [3.8, 4) is 0 Å². The largest absolute Gasteiger partial charge is 0.390 e. The zero-order valence-electron chi connectivity index (χ0n) is 23.8. The summed E-state index contributed by atoms with van der Waals surface area (Å²) in [7, 11) is 3.78. The van der Waals surface area contributed by atoms with Crippen LogP contribution in [0.15, 0.2) is 97.3 Å². The van der Waals surface area contributed by atoms with E-state index in [1.54, 1.807) is 0 Å². The molecule has 0 saturated heterocycles. The molecule has 4 N–H and O–H groups in total. The average Bonchev–Trinajstić information content (AvgIpc) is 3.03. The predicted octanol–water partition coefficient (Wildman–Crippen LogP) is 5.49. The van der Waals surface area contributed by atoms with Crippen molar-refractivity contribution in [1.82, 2.24) is 0 Å². The SMILES string of the molecule is OCC[n+]1ccccc1C=Cc1ccc(NCCSSCCNc2ccc(C=Cc3cccc[n+]3CCO)cc2)cc1. The summed E-state index contributed by atoms with van der Waals surface area (Å²) in [6.07, 6.45) is 12.3. The zero-order valence-corrected chi connectivity index (χ0v) is 25.4. The second-order valence-electron chi connectivity index (χ2n) is 9.49. The highest BCUT2D eigenvalue weighted by atomic mass is 33.1. The molecule has 4 aromatic rings.